The summed E-state index contributed by atoms with van der Waals surface area (Å²) in [5.74, 6) is -0.372. The van der Waals surface area contributed by atoms with E-state index in [1.54, 1.807) is 12.1 Å². The number of benzene rings is 1. The molecular weight excluding hydrogens is 289 g/mol. The first-order chi connectivity index (χ1) is 10.1. The molecule has 0 bridgehead atoms. The summed E-state index contributed by atoms with van der Waals surface area (Å²) in [5, 5.41) is 3.52. The van der Waals surface area contributed by atoms with Crippen molar-refractivity contribution in [1.29, 1.82) is 0 Å². The topological polar surface area (TPSA) is 38.3 Å². The Labute approximate surface area is 129 Å². The normalized spacial score (nSPS) is 25.0. The number of nitrogens with one attached hydrogen (secondary N) is 1. The summed E-state index contributed by atoms with van der Waals surface area (Å²) in [6, 6.07) is 6.79. The van der Waals surface area contributed by atoms with Crippen LogP contribution in [-0.2, 0) is 9.53 Å². The van der Waals surface area contributed by atoms with Gasteiger partial charge >= 0.3 is 5.97 Å². The Bertz CT molecular complexity index is 497. The quantitative estimate of drug-likeness (QED) is 0.817. The number of carbonyl (C=O) groups is 1. The molecule has 0 aliphatic heterocycles. The van der Waals surface area contributed by atoms with E-state index in [0.29, 0.717) is 17.9 Å². The van der Waals surface area contributed by atoms with E-state index in [9.17, 15) is 9.18 Å². The fraction of sp³-hybridized carbons (Fsp3) is 0.562. The fourth-order valence-electron chi connectivity index (χ4n) is 2.85. The number of halogens is 1. The first-order valence-electron chi connectivity index (χ1n) is 7.44. The average Bonchev–Trinajstić information content (AvgIpc) is 2.87. The maximum absolute atomic E-state index is 13.7. The van der Waals surface area contributed by atoms with Crippen LogP contribution in [0.15, 0.2) is 29.2 Å². The third-order valence-electron chi connectivity index (χ3n) is 3.78. The van der Waals surface area contributed by atoms with Crippen molar-refractivity contribution in [2.45, 2.75) is 48.8 Å². The van der Waals surface area contributed by atoms with E-state index in [2.05, 4.69) is 5.32 Å². The van der Waals surface area contributed by atoms with Crippen molar-refractivity contribution < 1.29 is 13.9 Å². The molecule has 0 saturated heterocycles. The summed E-state index contributed by atoms with van der Waals surface area (Å²) in [4.78, 5) is 12.9. The second-order valence-electron chi connectivity index (χ2n) is 5.25. The predicted molar refractivity (Wildman–Crippen MR) is 82.9 cm³/mol. The van der Waals surface area contributed by atoms with E-state index in [-0.39, 0.29) is 17.0 Å². The highest BCUT2D eigenvalue weighted by atomic mass is 32.2. The van der Waals surface area contributed by atoms with Crippen molar-refractivity contribution in [3.8, 4) is 0 Å². The number of thioether (sulfide) groups is 1. The van der Waals surface area contributed by atoms with Gasteiger partial charge in [-0.2, -0.15) is 0 Å². The van der Waals surface area contributed by atoms with E-state index < -0.39 is 5.54 Å². The van der Waals surface area contributed by atoms with Crippen LogP contribution >= 0.6 is 11.8 Å². The van der Waals surface area contributed by atoms with Crippen LogP contribution in [0.5, 0.6) is 0 Å². The molecule has 21 heavy (non-hydrogen) atoms. The van der Waals surface area contributed by atoms with E-state index in [4.69, 9.17) is 4.74 Å². The van der Waals surface area contributed by atoms with Crippen molar-refractivity contribution in [2.75, 3.05) is 13.2 Å². The summed E-state index contributed by atoms with van der Waals surface area (Å²) in [6.45, 7) is 4.91. The predicted octanol–water partition coefficient (Wildman–Crippen LogP) is 3.38. The Morgan fingerprint density at radius 2 is 2.24 bits per heavy atom. The lowest BCUT2D eigenvalue weighted by molar-refractivity contribution is -0.151. The van der Waals surface area contributed by atoms with Crippen LogP contribution in [0.25, 0.3) is 0 Å². The number of hydrogen-bond acceptors (Lipinski definition) is 4. The number of rotatable bonds is 6. The van der Waals surface area contributed by atoms with Crippen LogP contribution in [0.3, 0.4) is 0 Å². The molecule has 1 aliphatic rings. The van der Waals surface area contributed by atoms with Crippen molar-refractivity contribution >= 4 is 17.7 Å². The molecule has 1 N–H and O–H groups in total. The third-order valence-corrected chi connectivity index (χ3v) is 5.10. The van der Waals surface area contributed by atoms with Gasteiger partial charge < -0.3 is 10.1 Å². The molecule has 0 aromatic heterocycles. The molecule has 1 aromatic rings. The lowest BCUT2D eigenvalue weighted by atomic mass is 9.98. The first-order valence-corrected chi connectivity index (χ1v) is 8.32. The molecule has 5 heteroatoms. The van der Waals surface area contributed by atoms with Gasteiger partial charge in [-0.1, -0.05) is 19.1 Å². The van der Waals surface area contributed by atoms with E-state index in [1.807, 2.05) is 19.9 Å². The summed E-state index contributed by atoms with van der Waals surface area (Å²) < 4.78 is 19.0. The molecule has 1 fully saturated rings. The molecule has 2 atom stereocenters. The van der Waals surface area contributed by atoms with Crippen LogP contribution in [0.4, 0.5) is 4.39 Å². The first kappa shape index (κ1) is 16.3. The zero-order valence-corrected chi connectivity index (χ0v) is 13.3. The van der Waals surface area contributed by atoms with Gasteiger partial charge in [-0.15, -0.1) is 11.8 Å². The lowest BCUT2D eigenvalue weighted by Gasteiger charge is -2.27. The average molecular weight is 311 g/mol. The maximum Gasteiger partial charge on any atom is 0.326 e. The number of carbonyl (C=O) groups excluding carboxylic acids is 1. The molecule has 1 aliphatic carbocycles. The lowest BCUT2D eigenvalue weighted by Crippen LogP contribution is -2.51. The Morgan fingerprint density at radius 1 is 1.48 bits per heavy atom. The van der Waals surface area contributed by atoms with Crippen molar-refractivity contribution in [2.24, 2.45) is 0 Å². The molecular formula is C16H22FNO2S. The van der Waals surface area contributed by atoms with Gasteiger partial charge in [0.2, 0.25) is 0 Å². The van der Waals surface area contributed by atoms with E-state index in [0.717, 1.165) is 19.4 Å². The van der Waals surface area contributed by atoms with Gasteiger partial charge in [-0.3, -0.25) is 4.79 Å². The van der Waals surface area contributed by atoms with Gasteiger partial charge in [0.1, 0.15) is 11.4 Å². The smallest absolute Gasteiger partial charge is 0.326 e. The van der Waals surface area contributed by atoms with Crippen LogP contribution in [0.1, 0.15) is 33.1 Å². The van der Waals surface area contributed by atoms with Gasteiger partial charge in [0, 0.05) is 10.1 Å². The molecule has 0 amide bonds. The van der Waals surface area contributed by atoms with Gasteiger partial charge in [0.25, 0.3) is 0 Å². The molecule has 0 spiro atoms. The Balaban J connectivity index is 2.06. The van der Waals surface area contributed by atoms with Gasteiger partial charge in [-0.05, 0) is 44.9 Å². The largest absolute Gasteiger partial charge is 0.465 e. The minimum atomic E-state index is -0.603. The number of ether oxygens (including phenoxy) is 1. The highest BCUT2D eigenvalue weighted by Crippen LogP contribution is 2.41. The van der Waals surface area contributed by atoms with Crippen LogP contribution < -0.4 is 5.32 Å². The van der Waals surface area contributed by atoms with Crippen molar-refractivity contribution in [1.82, 2.24) is 5.32 Å². The zero-order chi connectivity index (χ0) is 15.3. The molecule has 0 radical (unpaired) electrons. The molecule has 3 nitrogen and oxygen atoms in total. The summed E-state index contributed by atoms with van der Waals surface area (Å²) in [5.41, 5.74) is -0.603. The summed E-state index contributed by atoms with van der Waals surface area (Å²) >= 11 is 1.52. The zero-order valence-electron chi connectivity index (χ0n) is 12.5. The second kappa shape index (κ2) is 7.27. The SMILES string of the molecule is CCNC1(C(=O)OCC)CCC(Sc2ccccc2F)C1. The summed E-state index contributed by atoms with van der Waals surface area (Å²) in [7, 11) is 0. The maximum atomic E-state index is 13.7. The Morgan fingerprint density at radius 3 is 2.90 bits per heavy atom. The number of likely N-dealkylation sites (N-methyl/N-ethyl adjacent to an activating group) is 1. The molecule has 2 unspecified atom stereocenters. The molecule has 2 rings (SSSR count). The Hall–Kier alpha value is -1.07. The summed E-state index contributed by atoms with van der Waals surface area (Å²) in [6.07, 6.45) is 2.30. The van der Waals surface area contributed by atoms with Crippen LogP contribution in [0, 0.1) is 5.82 Å². The highest BCUT2D eigenvalue weighted by Gasteiger charge is 2.46. The van der Waals surface area contributed by atoms with E-state index >= 15 is 0 Å². The monoisotopic (exact) mass is 311 g/mol. The number of esters is 1. The standard InChI is InChI=1S/C16H22FNO2S/c1-3-18-16(15(19)20-4-2)10-9-12(11-16)21-14-8-6-5-7-13(14)17/h5-8,12,18H,3-4,9-11H2,1-2H3. The third kappa shape index (κ3) is 3.77. The van der Waals surface area contributed by atoms with Gasteiger partial charge in [0.05, 0.1) is 6.61 Å². The van der Waals surface area contributed by atoms with Gasteiger partial charge in [-0.25, -0.2) is 4.39 Å². The number of hydrogen-bond donors (Lipinski definition) is 1. The molecule has 1 saturated carbocycles. The van der Waals surface area contributed by atoms with Crippen molar-refractivity contribution in [3.63, 3.8) is 0 Å². The second-order valence-corrected chi connectivity index (χ2v) is 6.59. The van der Waals surface area contributed by atoms with Gasteiger partial charge in [0.15, 0.2) is 0 Å². The van der Waals surface area contributed by atoms with E-state index in [1.165, 1.54) is 17.8 Å². The molecule has 0 heterocycles. The van der Waals surface area contributed by atoms with Crippen LogP contribution in [0.2, 0.25) is 0 Å². The minimum Gasteiger partial charge on any atom is -0.465 e. The minimum absolute atomic E-state index is 0.177. The molecule has 1 aromatic carbocycles. The van der Waals surface area contributed by atoms with Crippen LogP contribution in [-0.4, -0.2) is 29.9 Å². The highest BCUT2D eigenvalue weighted by molar-refractivity contribution is 8.00. The fourth-order valence-corrected chi connectivity index (χ4v) is 4.15. The Kier molecular flexibility index (Phi) is 5.65. The molecule has 116 valence electrons. The van der Waals surface area contributed by atoms with Crippen molar-refractivity contribution in [3.05, 3.63) is 30.1 Å².